The molecule has 2 rings (SSSR count). The highest BCUT2D eigenvalue weighted by Gasteiger charge is 2.17. The summed E-state index contributed by atoms with van der Waals surface area (Å²) in [6.45, 7) is 6.10. The molecule has 2 N–H and O–H groups in total. The summed E-state index contributed by atoms with van der Waals surface area (Å²) in [5.74, 6) is -0.738. The van der Waals surface area contributed by atoms with Crippen LogP contribution in [0.1, 0.15) is 50.5 Å². The zero-order chi connectivity index (χ0) is 19.1. The Hall–Kier alpha value is -2.70. The molecule has 1 heterocycles. The number of amides is 2. The average molecular weight is 358 g/mol. The number of carbonyl (C=O) groups is 2. The highest BCUT2D eigenvalue weighted by atomic mass is 16.2. The second-order valence-corrected chi connectivity index (χ2v) is 6.53. The van der Waals surface area contributed by atoms with Crippen molar-refractivity contribution in [3.63, 3.8) is 0 Å². The van der Waals surface area contributed by atoms with Gasteiger partial charge < -0.3 is 10.6 Å². The van der Waals surface area contributed by atoms with E-state index in [0.717, 1.165) is 19.3 Å². The van der Waals surface area contributed by atoms with E-state index in [1.165, 1.54) is 4.68 Å². The zero-order valence-electron chi connectivity index (χ0n) is 15.5. The summed E-state index contributed by atoms with van der Waals surface area (Å²) < 4.78 is 1.35. The van der Waals surface area contributed by atoms with E-state index in [1.54, 1.807) is 24.3 Å². The van der Waals surface area contributed by atoms with E-state index in [0.29, 0.717) is 17.3 Å². The van der Waals surface area contributed by atoms with Crippen LogP contribution in [0.2, 0.25) is 0 Å². The van der Waals surface area contributed by atoms with E-state index in [2.05, 4.69) is 22.7 Å². The summed E-state index contributed by atoms with van der Waals surface area (Å²) in [5.41, 5.74) is -0.0418. The standard InChI is InChI=1S/C19H26N4O3/c1-4-5-8-11-23-19(26)15-10-7-6-9-14(15)17(22-23)18(25)20-12-16(24)21-13(2)3/h6-7,9-10,13H,4-5,8,11-12H2,1-3H3,(H,20,25)(H,21,24). The first kappa shape index (κ1) is 19.6. The molecule has 0 aliphatic carbocycles. The van der Waals surface area contributed by atoms with Gasteiger partial charge in [-0.2, -0.15) is 5.10 Å². The fourth-order valence-corrected chi connectivity index (χ4v) is 2.68. The average Bonchev–Trinajstić information content (AvgIpc) is 2.61. The number of unbranched alkanes of at least 4 members (excludes halogenated alkanes) is 2. The maximum absolute atomic E-state index is 12.6. The van der Waals surface area contributed by atoms with Gasteiger partial charge in [-0.3, -0.25) is 14.4 Å². The number of hydrogen-bond donors (Lipinski definition) is 2. The van der Waals surface area contributed by atoms with Crippen LogP contribution in [0, 0.1) is 0 Å². The van der Waals surface area contributed by atoms with Gasteiger partial charge in [-0.25, -0.2) is 4.68 Å². The Balaban J connectivity index is 2.29. The van der Waals surface area contributed by atoms with Crippen LogP contribution in [0.15, 0.2) is 29.1 Å². The van der Waals surface area contributed by atoms with Gasteiger partial charge in [0.25, 0.3) is 11.5 Å². The summed E-state index contributed by atoms with van der Waals surface area (Å²) in [6, 6.07) is 6.91. The lowest BCUT2D eigenvalue weighted by Crippen LogP contribution is -2.40. The number of nitrogens with one attached hydrogen (secondary N) is 2. The molecule has 140 valence electrons. The van der Waals surface area contributed by atoms with E-state index in [4.69, 9.17) is 0 Å². The number of aryl methyl sites for hydroxylation is 1. The number of benzene rings is 1. The van der Waals surface area contributed by atoms with Gasteiger partial charge in [-0.1, -0.05) is 38.0 Å². The van der Waals surface area contributed by atoms with Gasteiger partial charge in [0.15, 0.2) is 5.69 Å². The first-order valence-corrected chi connectivity index (χ1v) is 9.01. The van der Waals surface area contributed by atoms with Crippen molar-refractivity contribution < 1.29 is 9.59 Å². The Labute approximate surface area is 152 Å². The molecule has 0 saturated heterocycles. The van der Waals surface area contributed by atoms with Crippen molar-refractivity contribution in [3.8, 4) is 0 Å². The number of nitrogens with zero attached hydrogens (tertiary/aromatic N) is 2. The lowest BCUT2D eigenvalue weighted by molar-refractivity contribution is -0.120. The Morgan fingerprint density at radius 3 is 2.50 bits per heavy atom. The molecule has 0 unspecified atom stereocenters. The molecule has 0 aliphatic rings. The topological polar surface area (TPSA) is 93.1 Å². The minimum Gasteiger partial charge on any atom is -0.352 e. The largest absolute Gasteiger partial charge is 0.352 e. The van der Waals surface area contributed by atoms with Crippen LogP contribution in [0.3, 0.4) is 0 Å². The van der Waals surface area contributed by atoms with E-state index < -0.39 is 5.91 Å². The van der Waals surface area contributed by atoms with E-state index in [-0.39, 0.29) is 29.7 Å². The number of aromatic nitrogens is 2. The molecule has 7 heteroatoms. The second-order valence-electron chi connectivity index (χ2n) is 6.53. The van der Waals surface area contributed by atoms with Crippen molar-refractivity contribution in [3.05, 3.63) is 40.3 Å². The number of carbonyl (C=O) groups excluding carboxylic acids is 2. The predicted molar refractivity (Wildman–Crippen MR) is 101 cm³/mol. The molecule has 0 bridgehead atoms. The summed E-state index contributed by atoms with van der Waals surface area (Å²) in [5, 5.41) is 10.5. The van der Waals surface area contributed by atoms with Crippen LogP contribution in [0.4, 0.5) is 0 Å². The zero-order valence-corrected chi connectivity index (χ0v) is 15.5. The molecular formula is C19H26N4O3. The third-order valence-corrected chi connectivity index (χ3v) is 3.92. The summed E-state index contributed by atoms with van der Waals surface area (Å²) in [6.07, 6.45) is 2.83. The predicted octanol–water partition coefficient (Wildman–Crippen LogP) is 1.84. The molecule has 0 atom stereocenters. The number of hydrogen-bond acceptors (Lipinski definition) is 4. The normalized spacial score (nSPS) is 10.9. The molecule has 1 aromatic heterocycles. The summed E-state index contributed by atoms with van der Waals surface area (Å²) in [7, 11) is 0. The van der Waals surface area contributed by atoms with Gasteiger partial charge in [-0.15, -0.1) is 0 Å². The van der Waals surface area contributed by atoms with Crippen molar-refractivity contribution in [1.29, 1.82) is 0 Å². The van der Waals surface area contributed by atoms with Crippen LogP contribution in [0.5, 0.6) is 0 Å². The third kappa shape index (κ3) is 4.91. The molecule has 0 aliphatic heterocycles. The highest BCUT2D eigenvalue weighted by molar-refractivity contribution is 6.05. The minimum atomic E-state index is -0.468. The Bertz CT molecular complexity index is 842. The Morgan fingerprint density at radius 2 is 1.85 bits per heavy atom. The van der Waals surface area contributed by atoms with Gasteiger partial charge in [0.2, 0.25) is 5.91 Å². The fourth-order valence-electron chi connectivity index (χ4n) is 2.68. The fraction of sp³-hybridized carbons (Fsp3) is 0.474. The maximum Gasteiger partial charge on any atom is 0.274 e. The van der Waals surface area contributed by atoms with Crippen molar-refractivity contribution in [1.82, 2.24) is 20.4 Å². The summed E-state index contributed by atoms with van der Waals surface area (Å²) in [4.78, 5) is 36.9. The first-order valence-electron chi connectivity index (χ1n) is 9.01. The van der Waals surface area contributed by atoms with Gasteiger partial charge in [0.1, 0.15) is 0 Å². The molecule has 0 fully saturated rings. The molecule has 2 amide bonds. The minimum absolute atomic E-state index is 0.00109. The lowest BCUT2D eigenvalue weighted by atomic mass is 10.1. The van der Waals surface area contributed by atoms with Crippen LogP contribution in [-0.2, 0) is 11.3 Å². The molecule has 0 radical (unpaired) electrons. The quantitative estimate of drug-likeness (QED) is 0.704. The van der Waals surface area contributed by atoms with Gasteiger partial charge in [-0.05, 0) is 26.3 Å². The maximum atomic E-state index is 12.6. The third-order valence-electron chi connectivity index (χ3n) is 3.92. The summed E-state index contributed by atoms with van der Waals surface area (Å²) >= 11 is 0. The Kier molecular flexibility index (Phi) is 6.89. The van der Waals surface area contributed by atoms with Crippen LogP contribution in [0.25, 0.3) is 10.8 Å². The van der Waals surface area contributed by atoms with Crippen molar-refractivity contribution in [2.45, 2.75) is 52.6 Å². The van der Waals surface area contributed by atoms with Crippen molar-refractivity contribution in [2.24, 2.45) is 0 Å². The SMILES string of the molecule is CCCCCn1nc(C(=O)NCC(=O)NC(C)C)c2ccccc2c1=O. The van der Waals surface area contributed by atoms with Crippen LogP contribution >= 0.6 is 0 Å². The molecule has 0 spiro atoms. The highest BCUT2D eigenvalue weighted by Crippen LogP contribution is 2.13. The van der Waals surface area contributed by atoms with Crippen molar-refractivity contribution >= 4 is 22.6 Å². The monoisotopic (exact) mass is 358 g/mol. The second kappa shape index (κ2) is 9.12. The van der Waals surface area contributed by atoms with Crippen LogP contribution in [-0.4, -0.2) is 34.2 Å². The Morgan fingerprint density at radius 1 is 1.15 bits per heavy atom. The number of fused-ring (bicyclic) bond motifs is 1. The lowest BCUT2D eigenvalue weighted by Gasteiger charge is -2.12. The molecule has 1 aromatic carbocycles. The van der Waals surface area contributed by atoms with E-state index in [1.807, 2.05) is 13.8 Å². The first-order chi connectivity index (χ1) is 12.4. The van der Waals surface area contributed by atoms with Gasteiger partial charge in [0, 0.05) is 18.0 Å². The van der Waals surface area contributed by atoms with Gasteiger partial charge in [0.05, 0.1) is 11.9 Å². The molecular weight excluding hydrogens is 332 g/mol. The van der Waals surface area contributed by atoms with E-state index >= 15 is 0 Å². The molecule has 7 nitrogen and oxygen atoms in total. The molecule has 0 saturated carbocycles. The molecule has 2 aromatic rings. The smallest absolute Gasteiger partial charge is 0.274 e. The molecule has 26 heavy (non-hydrogen) atoms. The van der Waals surface area contributed by atoms with Crippen molar-refractivity contribution in [2.75, 3.05) is 6.54 Å². The van der Waals surface area contributed by atoms with Crippen LogP contribution < -0.4 is 16.2 Å². The van der Waals surface area contributed by atoms with Gasteiger partial charge >= 0.3 is 0 Å². The number of rotatable bonds is 8. The van der Waals surface area contributed by atoms with E-state index in [9.17, 15) is 14.4 Å².